The number of aryl methyl sites for hydroxylation is 2. The SMILES string of the molecule is CC(=O)COC(Cn1c(=O)n(C(C)(C)C(=O)O)c(=O)c2c(C)c(-c3ncco3)sc21)c1ccc(CC(C)(C(=O)O)n2c(=O)c3c(C)c(-c4ncco4)sc3n(CC(OC(=O)N3CC(O)C3)c3ccccc3)c2=O)cc1. The molecular weight excluding hydrogens is 1010 g/mol. The highest BCUT2D eigenvalue weighted by Gasteiger charge is 2.42. The predicted molar refractivity (Wildman–Crippen MR) is 272 cm³/mol. The van der Waals surface area contributed by atoms with Gasteiger partial charge in [-0.2, -0.15) is 0 Å². The lowest BCUT2D eigenvalue weighted by Gasteiger charge is -2.36. The van der Waals surface area contributed by atoms with Crippen LogP contribution in [-0.4, -0.2) is 98.1 Å². The Labute approximate surface area is 431 Å². The van der Waals surface area contributed by atoms with Crippen LogP contribution in [0.25, 0.3) is 42.0 Å². The first-order valence-electron chi connectivity index (χ1n) is 23.4. The third-order valence-electron chi connectivity index (χ3n) is 13.3. The standard InChI is InChI=1S/C51H49N7O15S2/c1-26(59)25-72-33(23-55-43-35(27(2)37(74-43)39-52-16-18-70-39)41(61)57(47(55)67)50(4,5)45(63)64)31-14-12-29(13-15-31)20-51(6,46(65)66)58-42(62)36-28(3)38(40-53-17-19-71-40)75-44(36)56(48(58)68)24-34(30-10-8-7-9-11-30)73-49(69)54-21-32(60)22-54/h7-19,32-34,60H,20-25H2,1-6H3,(H,63,64)(H,65,66). The summed E-state index contributed by atoms with van der Waals surface area (Å²) in [6, 6.07) is 14.8. The van der Waals surface area contributed by atoms with Crippen molar-refractivity contribution in [3.8, 4) is 21.5 Å². The lowest BCUT2D eigenvalue weighted by molar-refractivity contribution is -0.147. The van der Waals surface area contributed by atoms with Gasteiger partial charge in [0.15, 0.2) is 11.3 Å². The molecule has 390 valence electrons. The highest BCUT2D eigenvalue weighted by atomic mass is 32.1. The van der Waals surface area contributed by atoms with E-state index in [1.54, 1.807) is 68.4 Å². The van der Waals surface area contributed by atoms with Gasteiger partial charge in [0, 0.05) is 6.42 Å². The maximum Gasteiger partial charge on any atom is 0.410 e. The van der Waals surface area contributed by atoms with Crippen LogP contribution in [0, 0.1) is 13.8 Å². The Balaban J connectivity index is 1.14. The molecule has 3 N–H and O–H groups in total. The van der Waals surface area contributed by atoms with Crippen LogP contribution in [0.5, 0.6) is 0 Å². The van der Waals surface area contributed by atoms with E-state index < -0.39 is 82.9 Å². The molecule has 1 aliphatic rings. The molecule has 1 fully saturated rings. The van der Waals surface area contributed by atoms with E-state index >= 15 is 4.79 Å². The Kier molecular flexibility index (Phi) is 13.8. The van der Waals surface area contributed by atoms with Crippen molar-refractivity contribution in [3.63, 3.8) is 0 Å². The molecule has 3 atom stereocenters. The minimum atomic E-state index is -2.29. The number of ether oxygens (including phenoxy) is 2. The topological polar surface area (TPSA) is 291 Å². The van der Waals surface area contributed by atoms with Gasteiger partial charge < -0.3 is 38.5 Å². The summed E-state index contributed by atoms with van der Waals surface area (Å²) in [6.45, 7) is 7.16. The van der Waals surface area contributed by atoms with E-state index in [1.165, 1.54) is 66.6 Å². The molecule has 0 saturated carbocycles. The number of aliphatic hydroxyl groups is 1. The van der Waals surface area contributed by atoms with Crippen molar-refractivity contribution in [2.24, 2.45) is 0 Å². The van der Waals surface area contributed by atoms with Gasteiger partial charge in [-0.05, 0) is 69.4 Å². The van der Waals surface area contributed by atoms with Gasteiger partial charge in [-0.3, -0.25) is 23.5 Å². The number of amides is 1. The van der Waals surface area contributed by atoms with Crippen LogP contribution >= 0.6 is 22.7 Å². The summed E-state index contributed by atoms with van der Waals surface area (Å²) in [7, 11) is 0. The molecule has 75 heavy (non-hydrogen) atoms. The third kappa shape index (κ3) is 9.33. The number of carbonyl (C=O) groups excluding carboxylic acids is 2. The summed E-state index contributed by atoms with van der Waals surface area (Å²) in [5, 5.41) is 31.3. The summed E-state index contributed by atoms with van der Waals surface area (Å²) in [4.78, 5) is 122. The molecule has 2 aromatic carbocycles. The fraction of sp³-hybridized carbons (Fsp3) is 0.333. The van der Waals surface area contributed by atoms with E-state index in [0.29, 0.717) is 46.7 Å². The largest absolute Gasteiger partial charge is 0.480 e. The number of carbonyl (C=O) groups is 4. The van der Waals surface area contributed by atoms with E-state index in [2.05, 4.69) is 9.97 Å². The predicted octanol–water partition coefficient (Wildman–Crippen LogP) is 5.45. The number of aliphatic carboxylic acids is 2. The van der Waals surface area contributed by atoms with Gasteiger partial charge in [0.25, 0.3) is 11.1 Å². The molecule has 0 aliphatic carbocycles. The number of rotatable bonds is 18. The minimum absolute atomic E-state index is 0.000918. The molecule has 3 unspecified atom stereocenters. The fourth-order valence-corrected chi connectivity index (χ4v) is 11.6. The summed E-state index contributed by atoms with van der Waals surface area (Å²) in [6.07, 6.45) is 1.32. The highest BCUT2D eigenvalue weighted by Crippen LogP contribution is 2.39. The van der Waals surface area contributed by atoms with Crippen molar-refractivity contribution in [2.75, 3.05) is 19.7 Å². The van der Waals surface area contributed by atoms with Crippen molar-refractivity contribution in [1.82, 2.24) is 33.1 Å². The molecule has 1 saturated heterocycles. The molecular formula is C51H49N7O15S2. The average Bonchev–Trinajstić information content (AvgIpc) is 4.20. The van der Waals surface area contributed by atoms with E-state index in [0.717, 1.165) is 22.7 Å². The van der Waals surface area contributed by atoms with Crippen molar-refractivity contribution in [3.05, 3.63) is 149 Å². The second-order valence-electron chi connectivity index (χ2n) is 18.9. The number of fused-ring (bicyclic) bond motifs is 2. The second kappa shape index (κ2) is 20.0. The lowest BCUT2D eigenvalue weighted by Crippen LogP contribution is -2.55. The molecule has 9 rings (SSSR count). The molecule has 22 nitrogen and oxygen atoms in total. The molecule has 0 radical (unpaired) electrons. The lowest BCUT2D eigenvalue weighted by atomic mass is 9.91. The monoisotopic (exact) mass is 1060 g/mol. The summed E-state index contributed by atoms with van der Waals surface area (Å²) >= 11 is 2.04. The normalized spacial score (nSPS) is 14.7. The van der Waals surface area contributed by atoms with Crippen LogP contribution in [0.3, 0.4) is 0 Å². The molecule has 24 heteroatoms. The molecule has 8 aromatic rings. The van der Waals surface area contributed by atoms with E-state index in [9.17, 15) is 48.9 Å². The molecule has 1 amide bonds. The maximum absolute atomic E-state index is 15.2. The number of ketones is 1. The molecule has 7 heterocycles. The van der Waals surface area contributed by atoms with Gasteiger partial charge in [0.1, 0.15) is 46.5 Å². The Hall–Kier alpha value is -8.06. The number of oxazole rings is 2. The highest BCUT2D eigenvalue weighted by molar-refractivity contribution is 7.22. The number of benzene rings is 2. The number of thiophene rings is 2. The number of carboxylic acid groups (broad SMARTS) is 2. The Morgan fingerprint density at radius 1 is 0.733 bits per heavy atom. The van der Waals surface area contributed by atoms with Gasteiger partial charge in [0.05, 0.1) is 65.2 Å². The quantitative estimate of drug-likeness (QED) is 0.0962. The van der Waals surface area contributed by atoms with Crippen molar-refractivity contribution >= 4 is 66.9 Å². The first-order valence-corrected chi connectivity index (χ1v) is 25.0. The van der Waals surface area contributed by atoms with Gasteiger partial charge in [0.2, 0.25) is 11.8 Å². The number of aromatic nitrogens is 6. The number of hydrogen-bond donors (Lipinski definition) is 3. The number of Topliss-reactive ketones (excluding diaryl/α,β-unsaturated/α-hetero) is 1. The number of nitrogens with zero attached hydrogens (tertiary/aromatic N) is 7. The zero-order valence-electron chi connectivity index (χ0n) is 41.2. The van der Waals surface area contributed by atoms with Gasteiger partial charge >= 0.3 is 29.4 Å². The first-order chi connectivity index (χ1) is 35.6. The van der Waals surface area contributed by atoms with E-state index in [-0.39, 0.29) is 64.2 Å². The number of hydrogen-bond acceptors (Lipinski definition) is 17. The van der Waals surface area contributed by atoms with Gasteiger partial charge in [-0.25, -0.2) is 43.1 Å². The molecule has 0 bridgehead atoms. The van der Waals surface area contributed by atoms with Crippen LogP contribution in [0.4, 0.5) is 4.79 Å². The second-order valence-corrected chi connectivity index (χ2v) is 20.9. The van der Waals surface area contributed by atoms with Crippen LogP contribution in [0.15, 0.2) is 108 Å². The molecule has 1 aliphatic heterocycles. The smallest absolute Gasteiger partial charge is 0.410 e. The van der Waals surface area contributed by atoms with Crippen molar-refractivity contribution in [1.29, 1.82) is 0 Å². The first kappa shape index (κ1) is 51.8. The van der Waals surface area contributed by atoms with Crippen LogP contribution in [0.1, 0.15) is 67.7 Å². The van der Waals surface area contributed by atoms with Gasteiger partial charge in [-0.1, -0.05) is 54.6 Å². The van der Waals surface area contributed by atoms with E-state index in [1.807, 2.05) is 0 Å². The van der Waals surface area contributed by atoms with Crippen LogP contribution in [-0.2, 0) is 54.4 Å². The van der Waals surface area contributed by atoms with Gasteiger partial charge in [-0.15, -0.1) is 22.7 Å². The van der Waals surface area contributed by atoms with Crippen molar-refractivity contribution in [2.45, 2.75) is 90.4 Å². The number of aliphatic hydroxyl groups excluding tert-OH is 1. The zero-order valence-corrected chi connectivity index (χ0v) is 42.8. The number of carboxylic acids is 2. The fourth-order valence-electron chi connectivity index (χ4n) is 9.10. The average molecular weight is 1060 g/mol. The van der Waals surface area contributed by atoms with Crippen molar-refractivity contribution < 1.29 is 52.8 Å². The Morgan fingerprint density at radius 2 is 1.24 bits per heavy atom. The number of likely N-dealkylation sites (tertiary alicyclic amines) is 1. The van der Waals surface area contributed by atoms with Crippen LogP contribution in [0.2, 0.25) is 0 Å². The summed E-state index contributed by atoms with van der Waals surface area (Å²) < 4.78 is 27.0. The van der Waals surface area contributed by atoms with Crippen LogP contribution < -0.4 is 22.5 Å². The minimum Gasteiger partial charge on any atom is -0.480 e. The van der Waals surface area contributed by atoms with E-state index in [4.69, 9.17) is 18.3 Å². The number of β-amino-alcohol motifs (C(OH)–C–C–N with tert-alkyl or cyclic N) is 1. The molecule has 0 spiro atoms. The maximum atomic E-state index is 15.2. The summed E-state index contributed by atoms with van der Waals surface area (Å²) in [5.41, 5.74) is -6.17. The Morgan fingerprint density at radius 3 is 1.72 bits per heavy atom. The molecule has 6 aromatic heterocycles. The Bertz CT molecular complexity index is 3770. The summed E-state index contributed by atoms with van der Waals surface area (Å²) in [5.74, 6) is -3.05. The zero-order chi connectivity index (χ0) is 53.8. The third-order valence-corrected chi connectivity index (χ3v) is 15.9.